The molecule has 0 aromatic heterocycles. The second-order valence-electron chi connectivity index (χ2n) is 8.28. The van der Waals surface area contributed by atoms with Crippen LogP contribution < -0.4 is 5.32 Å². The molecule has 0 aliphatic carbocycles. The molecule has 3 aromatic carbocycles. The number of nitrogens with one attached hydrogen (secondary N) is 1. The summed E-state index contributed by atoms with van der Waals surface area (Å²) in [5.74, 6) is -0.266. The maximum absolute atomic E-state index is 13.7. The maximum Gasteiger partial charge on any atom is 0.243 e. The highest BCUT2D eigenvalue weighted by Gasteiger charge is 2.30. The van der Waals surface area contributed by atoms with Crippen molar-refractivity contribution in [1.29, 1.82) is 0 Å². The molecule has 0 saturated heterocycles. The summed E-state index contributed by atoms with van der Waals surface area (Å²) in [7, 11) is 0. The van der Waals surface area contributed by atoms with Gasteiger partial charge in [-0.3, -0.25) is 9.59 Å². The summed E-state index contributed by atoms with van der Waals surface area (Å²) >= 11 is 6.34. The number of halogens is 1. The number of carbonyl (C=O) groups excluding carboxylic acids is 2. The molecule has 3 rings (SSSR count). The Bertz CT molecular complexity index is 1070. The number of hydrogen-bond donors (Lipinski definition) is 1. The molecule has 3 aromatic rings. The van der Waals surface area contributed by atoms with Crippen molar-refractivity contribution in [1.82, 2.24) is 10.2 Å². The molecule has 1 atom stereocenters. The third-order valence-electron chi connectivity index (χ3n) is 5.56. The van der Waals surface area contributed by atoms with E-state index in [1.165, 1.54) is 0 Å². The van der Waals surface area contributed by atoms with Gasteiger partial charge in [0, 0.05) is 24.5 Å². The number of hydrogen-bond acceptors (Lipinski definition) is 2. The molecule has 0 radical (unpaired) electrons. The van der Waals surface area contributed by atoms with E-state index in [1.807, 2.05) is 80.6 Å². The van der Waals surface area contributed by atoms with Crippen molar-refractivity contribution in [3.8, 4) is 0 Å². The van der Waals surface area contributed by atoms with Crippen LogP contribution in [0, 0.1) is 6.92 Å². The summed E-state index contributed by atoms with van der Waals surface area (Å²) in [5.41, 5.74) is 3.87. The Labute approximate surface area is 201 Å². The van der Waals surface area contributed by atoms with E-state index in [-0.39, 0.29) is 18.2 Å². The van der Waals surface area contributed by atoms with E-state index >= 15 is 0 Å². The number of rotatable bonds is 10. The van der Waals surface area contributed by atoms with Crippen molar-refractivity contribution in [2.75, 3.05) is 6.54 Å². The molecule has 0 heterocycles. The predicted octanol–water partition coefficient (Wildman–Crippen LogP) is 5.36. The largest absolute Gasteiger partial charge is 0.354 e. The lowest BCUT2D eigenvalue weighted by molar-refractivity contribution is -0.140. The lowest BCUT2D eigenvalue weighted by atomic mass is 10.0. The summed E-state index contributed by atoms with van der Waals surface area (Å²) in [4.78, 5) is 28.7. The third-order valence-corrected chi connectivity index (χ3v) is 5.92. The fraction of sp³-hybridized carbons (Fsp3) is 0.286. The lowest BCUT2D eigenvalue weighted by Gasteiger charge is -2.32. The van der Waals surface area contributed by atoms with Crippen LogP contribution in [0.25, 0.3) is 0 Å². The fourth-order valence-electron chi connectivity index (χ4n) is 3.83. The summed E-state index contributed by atoms with van der Waals surface area (Å²) < 4.78 is 0. The van der Waals surface area contributed by atoms with E-state index in [1.54, 1.807) is 11.0 Å². The molecule has 0 saturated carbocycles. The van der Waals surface area contributed by atoms with Gasteiger partial charge in [-0.25, -0.2) is 0 Å². The molecule has 0 aliphatic heterocycles. The number of carbonyl (C=O) groups is 2. The van der Waals surface area contributed by atoms with Crippen LogP contribution in [-0.4, -0.2) is 29.3 Å². The Hall–Kier alpha value is -3.11. The number of benzene rings is 3. The van der Waals surface area contributed by atoms with Gasteiger partial charge in [0.25, 0.3) is 0 Å². The van der Waals surface area contributed by atoms with Gasteiger partial charge in [0.05, 0.1) is 6.42 Å². The average molecular weight is 463 g/mol. The second-order valence-corrected chi connectivity index (χ2v) is 8.68. The van der Waals surface area contributed by atoms with E-state index in [0.29, 0.717) is 24.5 Å². The highest BCUT2D eigenvalue weighted by atomic mass is 35.5. The first-order chi connectivity index (χ1) is 16.0. The zero-order valence-corrected chi connectivity index (χ0v) is 20.0. The van der Waals surface area contributed by atoms with E-state index in [2.05, 4.69) is 11.4 Å². The Morgan fingerprint density at radius 1 is 0.939 bits per heavy atom. The van der Waals surface area contributed by atoms with Crippen LogP contribution in [0.1, 0.15) is 35.6 Å². The van der Waals surface area contributed by atoms with Crippen LogP contribution in [0.4, 0.5) is 0 Å². The topological polar surface area (TPSA) is 49.4 Å². The van der Waals surface area contributed by atoms with Crippen LogP contribution in [0.2, 0.25) is 5.02 Å². The highest BCUT2D eigenvalue weighted by Crippen LogP contribution is 2.20. The molecule has 5 heteroatoms. The highest BCUT2D eigenvalue weighted by molar-refractivity contribution is 6.31. The Balaban J connectivity index is 1.96. The number of amides is 2. The Morgan fingerprint density at radius 2 is 1.64 bits per heavy atom. The molecular weight excluding hydrogens is 432 g/mol. The van der Waals surface area contributed by atoms with Crippen LogP contribution in [-0.2, 0) is 29.0 Å². The second kappa shape index (κ2) is 12.2. The van der Waals surface area contributed by atoms with Crippen LogP contribution in [0.15, 0.2) is 78.9 Å². The molecule has 172 valence electrons. The van der Waals surface area contributed by atoms with E-state index < -0.39 is 6.04 Å². The molecule has 4 nitrogen and oxygen atoms in total. The molecule has 33 heavy (non-hydrogen) atoms. The van der Waals surface area contributed by atoms with Gasteiger partial charge in [0.15, 0.2) is 0 Å². The normalized spacial score (nSPS) is 11.6. The van der Waals surface area contributed by atoms with E-state index in [9.17, 15) is 9.59 Å². The minimum Gasteiger partial charge on any atom is -0.354 e. The molecule has 0 aliphatic rings. The smallest absolute Gasteiger partial charge is 0.243 e. The van der Waals surface area contributed by atoms with E-state index in [0.717, 1.165) is 28.7 Å². The quantitative estimate of drug-likeness (QED) is 0.441. The first-order valence-corrected chi connectivity index (χ1v) is 11.8. The molecule has 1 N–H and O–H groups in total. The van der Waals surface area contributed by atoms with Crippen molar-refractivity contribution >= 4 is 23.4 Å². The fourth-order valence-corrected chi connectivity index (χ4v) is 4.04. The third kappa shape index (κ3) is 7.19. The van der Waals surface area contributed by atoms with Gasteiger partial charge in [0.1, 0.15) is 6.04 Å². The predicted molar refractivity (Wildman–Crippen MR) is 134 cm³/mol. The molecule has 2 amide bonds. The van der Waals surface area contributed by atoms with Gasteiger partial charge in [-0.15, -0.1) is 0 Å². The van der Waals surface area contributed by atoms with Crippen molar-refractivity contribution in [2.45, 2.75) is 45.7 Å². The van der Waals surface area contributed by atoms with Crippen molar-refractivity contribution in [2.24, 2.45) is 0 Å². The van der Waals surface area contributed by atoms with Crippen molar-refractivity contribution in [3.63, 3.8) is 0 Å². The Morgan fingerprint density at radius 3 is 2.33 bits per heavy atom. The zero-order chi connectivity index (χ0) is 23.6. The van der Waals surface area contributed by atoms with Gasteiger partial charge in [-0.2, -0.15) is 0 Å². The van der Waals surface area contributed by atoms with Gasteiger partial charge >= 0.3 is 0 Å². The standard InChI is InChI=1S/C28H31ClN2O2/c1-3-16-30-28(33)26(18-22-11-5-4-6-12-22)31(20-23-13-9-10-21(2)17-23)27(32)19-24-14-7-8-15-25(24)29/h4-15,17,26H,3,16,18-20H2,1-2H3,(H,30,33)/t26-/m0/s1. The van der Waals surface area contributed by atoms with Crippen molar-refractivity contribution in [3.05, 3.63) is 106 Å². The van der Waals surface area contributed by atoms with Gasteiger partial charge < -0.3 is 10.2 Å². The zero-order valence-electron chi connectivity index (χ0n) is 19.3. The summed E-state index contributed by atoms with van der Waals surface area (Å²) in [6.45, 7) is 4.96. The molecular formula is C28H31ClN2O2. The van der Waals surface area contributed by atoms with Gasteiger partial charge in [0.2, 0.25) is 11.8 Å². The SMILES string of the molecule is CCCNC(=O)[C@H](Cc1ccccc1)N(Cc1cccc(C)c1)C(=O)Cc1ccccc1Cl. The first-order valence-electron chi connectivity index (χ1n) is 11.4. The van der Waals surface area contributed by atoms with Gasteiger partial charge in [-0.1, -0.05) is 96.9 Å². The first kappa shape index (κ1) is 24.5. The van der Waals surface area contributed by atoms with Gasteiger partial charge in [-0.05, 0) is 36.1 Å². The number of aryl methyl sites for hydroxylation is 1. The van der Waals surface area contributed by atoms with E-state index in [4.69, 9.17) is 11.6 Å². The maximum atomic E-state index is 13.7. The summed E-state index contributed by atoms with van der Waals surface area (Å²) in [6, 6.07) is 24.6. The summed E-state index contributed by atoms with van der Waals surface area (Å²) in [6.07, 6.45) is 1.41. The molecule has 0 bridgehead atoms. The minimum atomic E-state index is -0.630. The van der Waals surface area contributed by atoms with Crippen LogP contribution >= 0.6 is 11.6 Å². The summed E-state index contributed by atoms with van der Waals surface area (Å²) in [5, 5.41) is 3.55. The lowest BCUT2D eigenvalue weighted by Crippen LogP contribution is -2.51. The van der Waals surface area contributed by atoms with Crippen molar-refractivity contribution < 1.29 is 9.59 Å². The Kier molecular flexibility index (Phi) is 9.08. The molecule has 0 unspecified atom stereocenters. The van der Waals surface area contributed by atoms with Crippen LogP contribution in [0.5, 0.6) is 0 Å². The molecule has 0 fully saturated rings. The monoisotopic (exact) mass is 462 g/mol. The minimum absolute atomic E-state index is 0.128. The van der Waals surface area contributed by atoms with Crippen LogP contribution in [0.3, 0.4) is 0 Å². The number of nitrogens with zero attached hydrogens (tertiary/aromatic N) is 1. The average Bonchev–Trinajstić information content (AvgIpc) is 2.82. The molecule has 0 spiro atoms.